The molecular formula is C7H12N4. The van der Waals surface area contributed by atoms with E-state index in [1.807, 2.05) is 25.9 Å². The second-order valence-electron chi connectivity index (χ2n) is 2.59. The third-order valence-corrected chi connectivity index (χ3v) is 1.48. The minimum Gasteiger partial charge on any atom is -0.382 e. The number of nitrogens with two attached hydrogens (primary N) is 1. The largest absolute Gasteiger partial charge is 0.382 e. The number of anilines is 2. The second kappa shape index (κ2) is 2.74. The van der Waals surface area contributed by atoms with Gasteiger partial charge in [0.2, 0.25) is 0 Å². The Labute approximate surface area is 66.1 Å². The van der Waals surface area contributed by atoms with E-state index >= 15 is 0 Å². The van der Waals surface area contributed by atoms with E-state index < -0.39 is 0 Å². The van der Waals surface area contributed by atoms with E-state index in [0.717, 1.165) is 11.4 Å². The van der Waals surface area contributed by atoms with Gasteiger partial charge in [0, 0.05) is 14.1 Å². The molecule has 0 bridgehead atoms. The van der Waals surface area contributed by atoms with Crippen molar-refractivity contribution in [2.24, 2.45) is 0 Å². The van der Waals surface area contributed by atoms with Gasteiger partial charge < -0.3 is 10.6 Å². The Morgan fingerprint density at radius 1 is 1.36 bits per heavy atom. The lowest BCUT2D eigenvalue weighted by molar-refractivity contribution is 1.03. The molecule has 0 fully saturated rings. The van der Waals surface area contributed by atoms with Crippen LogP contribution in [0, 0.1) is 6.92 Å². The highest BCUT2D eigenvalue weighted by Gasteiger charge is 2.05. The standard InChI is InChI=1S/C7H12N4/c1-5-6(11(2)3)7(8)10-4-9-5/h4H,1-3H3,(H2,8,9,10). The van der Waals surface area contributed by atoms with Crippen molar-refractivity contribution < 1.29 is 0 Å². The highest BCUT2D eigenvalue weighted by atomic mass is 15.1. The number of hydrogen-bond donors (Lipinski definition) is 1. The third kappa shape index (κ3) is 1.39. The van der Waals surface area contributed by atoms with Crippen molar-refractivity contribution >= 4 is 11.5 Å². The lowest BCUT2D eigenvalue weighted by Gasteiger charge is -2.15. The molecule has 0 atom stereocenters. The molecule has 0 aliphatic rings. The molecule has 0 radical (unpaired) electrons. The highest BCUT2D eigenvalue weighted by molar-refractivity contribution is 5.64. The SMILES string of the molecule is Cc1ncnc(N)c1N(C)C. The van der Waals surface area contributed by atoms with Crippen LogP contribution in [-0.2, 0) is 0 Å². The highest BCUT2D eigenvalue weighted by Crippen LogP contribution is 2.20. The number of aryl methyl sites for hydroxylation is 1. The lowest BCUT2D eigenvalue weighted by Crippen LogP contribution is -2.14. The Bertz CT molecular complexity index is 236. The van der Waals surface area contributed by atoms with Crippen molar-refractivity contribution in [3.63, 3.8) is 0 Å². The molecule has 4 heteroatoms. The normalized spacial score (nSPS) is 9.73. The van der Waals surface area contributed by atoms with Crippen LogP contribution in [0.4, 0.5) is 11.5 Å². The van der Waals surface area contributed by atoms with E-state index in [4.69, 9.17) is 5.73 Å². The molecular weight excluding hydrogens is 140 g/mol. The summed E-state index contributed by atoms with van der Waals surface area (Å²) in [6.07, 6.45) is 1.47. The topological polar surface area (TPSA) is 55.0 Å². The van der Waals surface area contributed by atoms with Crippen LogP contribution < -0.4 is 10.6 Å². The first kappa shape index (κ1) is 7.78. The van der Waals surface area contributed by atoms with E-state index in [1.165, 1.54) is 6.33 Å². The molecule has 1 aromatic heterocycles. The smallest absolute Gasteiger partial charge is 0.150 e. The summed E-state index contributed by atoms with van der Waals surface area (Å²) in [6, 6.07) is 0. The lowest BCUT2D eigenvalue weighted by atomic mass is 10.3. The number of hydrogen-bond acceptors (Lipinski definition) is 4. The zero-order valence-electron chi connectivity index (χ0n) is 7.00. The predicted molar refractivity (Wildman–Crippen MR) is 45.5 cm³/mol. The molecule has 0 saturated heterocycles. The van der Waals surface area contributed by atoms with Crippen molar-refractivity contribution in [2.75, 3.05) is 24.7 Å². The van der Waals surface area contributed by atoms with E-state index in [0.29, 0.717) is 5.82 Å². The zero-order chi connectivity index (χ0) is 8.43. The summed E-state index contributed by atoms with van der Waals surface area (Å²) in [5.74, 6) is 0.530. The van der Waals surface area contributed by atoms with Gasteiger partial charge in [0.25, 0.3) is 0 Å². The van der Waals surface area contributed by atoms with E-state index in [2.05, 4.69) is 9.97 Å². The van der Waals surface area contributed by atoms with Crippen LogP contribution in [0.5, 0.6) is 0 Å². The molecule has 1 heterocycles. The van der Waals surface area contributed by atoms with Crippen molar-refractivity contribution in [2.45, 2.75) is 6.92 Å². The first-order chi connectivity index (χ1) is 5.13. The quantitative estimate of drug-likeness (QED) is 0.634. The molecule has 0 aliphatic heterocycles. The molecule has 4 nitrogen and oxygen atoms in total. The predicted octanol–water partition coefficient (Wildman–Crippen LogP) is 0.433. The summed E-state index contributed by atoms with van der Waals surface area (Å²) in [7, 11) is 3.84. The molecule has 0 aliphatic carbocycles. The number of rotatable bonds is 1. The van der Waals surface area contributed by atoms with Gasteiger partial charge in [-0.1, -0.05) is 0 Å². The van der Waals surface area contributed by atoms with E-state index in [-0.39, 0.29) is 0 Å². The molecule has 0 spiro atoms. The van der Waals surface area contributed by atoms with Crippen molar-refractivity contribution in [3.8, 4) is 0 Å². The molecule has 0 unspecified atom stereocenters. The molecule has 0 saturated carbocycles. The van der Waals surface area contributed by atoms with Crippen LogP contribution in [0.2, 0.25) is 0 Å². The Morgan fingerprint density at radius 3 is 2.36 bits per heavy atom. The van der Waals surface area contributed by atoms with Gasteiger partial charge >= 0.3 is 0 Å². The van der Waals surface area contributed by atoms with E-state index in [1.54, 1.807) is 0 Å². The third-order valence-electron chi connectivity index (χ3n) is 1.48. The summed E-state index contributed by atoms with van der Waals surface area (Å²) < 4.78 is 0. The summed E-state index contributed by atoms with van der Waals surface area (Å²) >= 11 is 0. The van der Waals surface area contributed by atoms with Crippen molar-refractivity contribution in [1.82, 2.24) is 9.97 Å². The van der Waals surface area contributed by atoms with Crippen LogP contribution in [0.3, 0.4) is 0 Å². The molecule has 11 heavy (non-hydrogen) atoms. The van der Waals surface area contributed by atoms with Crippen molar-refractivity contribution in [1.29, 1.82) is 0 Å². The number of nitrogen functional groups attached to an aromatic ring is 1. The summed E-state index contributed by atoms with van der Waals surface area (Å²) in [5.41, 5.74) is 7.43. The van der Waals surface area contributed by atoms with Gasteiger partial charge in [-0.05, 0) is 6.92 Å². The first-order valence-corrected chi connectivity index (χ1v) is 3.37. The van der Waals surface area contributed by atoms with Crippen LogP contribution in [0.1, 0.15) is 5.69 Å². The second-order valence-corrected chi connectivity index (χ2v) is 2.59. The zero-order valence-corrected chi connectivity index (χ0v) is 7.00. The minimum absolute atomic E-state index is 0.530. The maximum atomic E-state index is 5.63. The fourth-order valence-corrected chi connectivity index (χ4v) is 1.04. The molecule has 0 aromatic carbocycles. The Morgan fingerprint density at radius 2 is 2.00 bits per heavy atom. The number of aromatic nitrogens is 2. The summed E-state index contributed by atoms with van der Waals surface area (Å²) in [4.78, 5) is 9.82. The molecule has 1 rings (SSSR count). The average Bonchev–Trinajstić information content (AvgIpc) is 1.85. The van der Waals surface area contributed by atoms with Gasteiger partial charge in [-0.25, -0.2) is 9.97 Å². The maximum absolute atomic E-state index is 5.63. The van der Waals surface area contributed by atoms with Gasteiger partial charge in [0.1, 0.15) is 12.0 Å². The van der Waals surface area contributed by atoms with Gasteiger partial charge in [0.05, 0.1) is 5.69 Å². The Kier molecular flexibility index (Phi) is 1.94. The van der Waals surface area contributed by atoms with Crippen molar-refractivity contribution in [3.05, 3.63) is 12.0 Å². The molecule has 60 valence electrons. The summed E-state index contributed by atoms with van der Waals surface area (Å²) in [5, 5.41) is 0. The first-order valence-electron chi connectivity index (χ1n) is 3.37. The van der Waals surface area contributed by atoms with Crippen LogP contribution in [0.15, 0.2) is 6.33 Å². The Balaban J connectivity index is 3.21. The average molecular weight is 152 g/mol. The van der Waals surface area contributed by atoms with Gasteiger partial charge in [-0.15, -0.1) is 0 Å². The van der Waals surface area contributed by atoms with Gasteiger partial charge in [-0.2, -0.15) is 0 Å². The minimum atomic E-state index is 0.530. The molecule has 0 amide bonds. The number of nitrogens with zero attached hydrogens (tertiary/aromatic N) is 3. The molecule has 1 aromatic rings. The fraction of sp³-hybridized carbons (Fsp3) is 0.429. The molecule has 2 N–H and O–H groups in total. The fourth-order valence-electron chi connectivity index (χ4n) is 1.04. The van der Waals surface area contributed by atoms with Crippen LogP contribution in [0.25, 0.3) is 0 Å². The van der Waals surface area contributed by atoms with Gasteiger partial charge in [-0.3, -0.25) is 0 Å². The van der Waals surface area contributed by atoms with E-state index in [9.17, 15) is 0 Å². The monoisotopic (exact) mass is 152 g/mol. The maximum Gasteiger partial charge on any atom is 0.150 e. The van der Waals surface area contributed by atoms with Crippen LogP contribution in [-0.4, -0.2) is 24.1 Å². The summed E-state index contributed by atoms with van der Waals surface area (Å²) in [6.45, 7) is 1.91. The van der Waals surface area contributed by atoms with Gasteiger partial charge in [0.15, 0.2) is 5.82 Å². The van der Waals surface area contributed by atoms with Crippen LogP contribution >= 0.6 is 0 Å². The Hall–Kier alpha value is -1.32.